The van der Waals surface area contributed by atoms with Crippen molar-refractivity contribution in [1.29, 1.82) is 0 Å². The summed E-state index contributed by atoms with van der Waals surface area (Å²) in [4.78, 5) is 2.69. The predicted molar refractivity (Wildman–Crippen MR) is 82.2 cm³/mol. The molecule has 0 aromatic heterocycles. The number of ether oxygens (including phenoxy) is 1. The van der Waals surface area contributed by atoms with Gasteiger partial charge in [-0.15, -0.1) is 0 Å². The minimum Gasteiger partial charge on any atom is -0.494 e. The predicted octanol–water partition coefficient (Wildman–Crippen LogP) is 2.67. The molecule has 1 aliphatic heterocycles. The zero-order valence-corrected chi connectivity index (χ0v) is 12.4. The maximum Gasteiger partial charge on any atom is 0.119 e. The molecule has 2 fully saturated rings. The van der Waals surface area contributed by atoms with E-state index >= 15 is 0 Å². The van der Waals surface area contributed by atoms with Crippen molar-refractivity contribution >= 4 is 0 Å². The molecule has 0 radical (unpaired) electrons. The van der Waals surface area contributed by atoms with Crippen LogP contribution < -0.4 is 10.1 Å². The molecule has 2 aliphatic rings. The highest BCUT2D eigenvalue weighted by Gasteiger charge is 2.38. The molecule has 1 aliphatic carbocycles. The van der Waals surface area contributed by atoms with Crippen LogP contribution in [0.5, 0.6) is 5.75 Å². The van der Waals surface area contributed by atoms with Crippen LogP contribution in [0.3, 0.4) is 0 Å². The van der Waals surface area contributed by atoms with Crippen molar-refractivity contribution in [2.24, 2.45) is 0 Å². The summed E-state index contributed by atoms with van der Waals surface area (Å²) < 4.78 is 5.71. The summed E-state index contributed by atoms with van der Waals surface area (Å²) in [7, 11) is 0. The molecular weight excluding hydrogens is 248 g/mol. The van der Waals surface area contributed by atoms with Crippen LogP contribution in [-0.2, 0) is 0 Å². The van der Waals surface area contributed by atoms with Gasteiger partial charge in [0.05, 0.1) is 6.61 Å². The quantitative estimate of drug-likeness (QED) is 0.774. The van der Waals surface area contributed by atoms with Crippen molar-refractivity contribution in [2.45, 2.75) is 50.7 Å². The van der Waals surface area contributed by atoms with Gasteiger partial charge in [-0.25, -0.2) is 0 Å². The van der Waals surface area contributed by atoms with Crippen LogP contribution in [0.25, 0.3) is 0 Å². The van der Waals surface area contributed by atoms with E-state index in [-0.39, 0.29) is 0 Å². The fraction of sp³-hybridized carbons (Fsp3) is 0.647. The van der Waals surface area contributed by atoms with Crippen LogP contribution in [0.1, 0.15) is 32.6 Å². The van der Waals surface area contributed by atoms with Crippen LogP contribution in [0.2, 0.25) is 0 Å². The number of rotatable bonds is 7. The van der Waals surface area contributed by atoms with E-state index in [1.165, 1.54) is 25.8 Å². The van der Waals surface area contributed by atoms with E-state index < -0.39 is 0 Å². The molecule has 0 bridgehead atoms. The fourth-order valence-electron chi connectivity index (χ4n) is 3.20. The van der Waals surface area contributed by atoms with Crippen molar-refractivity contribution in [3.05, 3.63) is 30.3 Å². The second kappa shape index (κ2) is 6.59. The number of nitrogens with one attached hydrogen (secondary N) is 1. The number of benzene rings is 1. The molecule has 1 saturated heterocycles. The molecule has 1 heterocycles. The van der Waals surface area contributed by atoms with Crippen LogP contribution in [0.4, 0.5) is 0 Å². The number of hydrogen-bond acceptors (Lipinski definition) is 3. The van der Waals surface area contributed by atoms with Gasteiger partial charge in [0.25, 0.3) is 0 Å². The lowest BCUT2D eigenvalue weighted by Crippen LogP contribution is -2.34. The normalized spacial score (nSPS) is 26.9. The first kappa shape index (κ1) is 13.9. The lowest BCUT2D eigenvalue weighted by Gasteiger charge is -2.19. The third-order valence-electron chi connectivity index (χ3n) is 4.40. The SMILES string of the molecule is CC1CC(NCCCOc2ccccc2)CN1C1CC1. The molecule has 1 aromatic rings. The van der Waals surface area contributed by atoms with Crippen molar-refractivity contribution in [3.63, 3.8) is 0 Å². The molecule has 1 N–H and O–H groups in total. The topological polar surface area (TPSA) is 24.5 Å². The molecule has 20 heavy (non-hydrogen) atoms. The van der Waals surface area contributed by atoms with E-state index in [2.05, 4.69) is 17.1 Å². The Bertz CT molecular complexity index is 405. The molecule has 1 aromatic carbocycles. The first-order chi connectivity index (χ1) is 9.83. The lowest BCUT2D eigenvalue weighted by molar-refractivity contribution is 0.254. The molecule has 3 heteroatoms. The fourth-order valence-corrected chi connectivity index (χ4v) is 3.20. The Labute approximate surface area is 122 Å². The molecule has 0 spiro atoms. The second-order valence-electron chi connectivity index (χ2n) is 6.18. The van der Waals surface area contributed by atoms with Crippen molar-refractivity contribution in [3.8, 4) is 5.75 Å². The number of para-hydroxylation sites is 1. The number of likely N-dealkylation sites (tertiary alicyclic amines) is 1. The summed E-state index contributed by atoms with van der Waals surface area (Å²) in [6, 6.07) is 12.4. The standard InChI is InChI=1S/C17H26N2O/c1-14-12-15(13-19(14)16-8-9-16)18-10-5-11-20-17-6-3-2-4-7-17/h2-4,6-7,14-16,18H,5,8-13H2,1H3. The van der Waals surface area contributed by atoms with E-state index in [1.54, 1.807) is 0 Å². The maximum absolute atomic E-state index is 5.71. The average Bonchev–Trinajstić information content (AvgIpc) is 3.24. The molecule has 3 rings (SSSR count). The molecule has 110 valence electrons. The first-order valence-electron chi connectivity index (χ1n) is 8.00. The minimum absolute atomic E-state index is 0.683. The van der Waals surface area contributed by atoms with Gasteiger partial charge in [0.15, 0.2) is 0 Å². The molecule has 0 amide bonds. The summed E-state index contributed by atoms with van der Waals surface area (Å²) >= 11 is 0. The minimum atomic E-state index is 0.683. The van der Waals surface area contributed by atoms with Gasteiger partial charge < -0.3 is 10.1 Å². The number of hydrogen-bond donors (Lipinski definition) is 1. The summed E-state index contributed by atoms with van der Waals surface area (Å²) in [5, 5.41) is 3.69. The first-order valence-corrected chi connectivity index (χ1v) is 8.00. The van der Waals surface area contributed by atoms with E-state index in [0.717, 1.165) is 37.4 Å². The third kappa shape index (κ3) is 3.74. The van der Waals surface area contributed by atoms with Gasteiger partial charge in [-0.3, -0.25) is 4.90 Å². The van der Waals surface area contributed by atoms with Crippen molar-refractivity contribution < 1.29 is 4.74 Å². The van der Waals surface area contributed by atoms with Gasteiger partial charge in [-0.1, -0.05) is 18.2 Å². The summed E-state index contributed by atoms with van der Waals surface area (Å²) in [5.41, 5.74) is 0. The zero-order chi connectivity index (χ0) is 13.8. The Hall–Kier alpha value is -1.06. The van der Waals surface area contributed by atoms with Crippen LogP contribution in [0, 0.1) is 0 Å². The third-order valence-corrected chi connectivity index (χ3v) is 4.40. The van der Waals surface area contributed by atoms with Gasteiger partial charge in [0, 0.05) is 24.7 Å². The van der Waals surface area contributed by atoms with Crippen LogP contribution >= 0.6 is 0 Å². The lowest BCUT2D eigenvalue weighted by atomic mass is 10.2. The summed E-state index contributed by atoms with van der Waals surface area (Å²) in [6.45, 7) is 5.47. The Kier molecular flexibility index (Phi) is 4.58. The molecule has 1 saturated carbocycles. The van der Waals surface area contributed by atoms with Gasteiger partial charge in [-0.2, -0.15) is 0 Å². The highest BCUT2D eigenvalue weighted by Crippen LogP contribution is 2.33. The van der Waals surface area contributed by atoms with Crippen molar-refractivity contribution in [2.75, 3.05) is 19.7 Å². The Morgan fingerprint density at radius 1 is 1.25 bits per heavy atom. The van der Waals surface area contributed by atoms with E-state index in [4.69, 9.17) is 4.74 Å². The van der Waals surface area contributed by atoms with E-state index in [9.17, 15) is 0 Å². The van der Waals surface area contributed by atoms with E-state index in [1.807, 2.05) is 30.3 Å². The van der Waals surface area contributed by atoms with Gasteiger partial charge in [0.2, 0.25) is 0 Å². The second-order valence-corrected chi connectivity index (χ2v) is 6.18. The van der Waals surface area contributed by atoms with Crippen molar-refractivity contribution in [1.82, 2.24) is 10.2 Å². The monoisotopic (exact) mass is 274 g/mol. The van der Waals surface area contributed by atoms with Gasteiger partial charge in [0.1, 0.15) is 5.75 Å². The average molecular weight is 274 g/mol. The summed E-state index contributed by atoms with van der Waals surface area (Å²) in [5.74, 6) is 0.974. The molecule has 2 atom stereocenters. The smallest absolute Gasteiger partial charge is 0.119 e. The highest BCUT2D eigenvalue weighted by atomic mass is 16.5. The van der Waals surface area contributed by atoms with E-state index in [0.29, 0.717) is 6.04 Å². The van der Waals surface area contributed by atoms with Crippen LogP contribution in [-0.4, -0.2) is 42.7 Å². The Morgan fingerprint density at radius 3 is 2.80 bits per heavy atom. The van der Waals surface area contributed by atoms with Gasteiger partial charge >= 0.3 is 0 Å². The largest absolute Gasteiger partial charge is 0.494 e. The highest BCUT2D eigenvalue weighted by molar-refractivity contribution is 5.20. The molecule has 2 unspecified atom stereocenters. The Balaban J connectivity index is 1.29. The van der Waals surface area contributed by atoms with Crippen LogP contribution in [0.15, 0.2) is 30.3 Å². The molecular formula is C17H26N2O. The Morgan fingerprint density at radius 2 is 2.05 bits per heavy atom. The number of nitrogens with zero attached hydrogens (tertiary/aromatic N) is 1. The molecule has 3 nitrogen and oxygen atoms in total. The zero-order valence-electron chi connectivity index (χ0n) is 12.4. The maximum atomic E-state index is 5.71. The summed E-state index contributed by atoms with van der Waals surface area (Å²) in [6.07, 6.45) is 5.21. The van der Waals surface area contributed by atoms with Gasteiger partial charge in [-0.05, 0) is 51.3 Å².